The van der Waals surface area contributed by atoms with Gasteiger partial charge in [-0.1, -0.05) is 29.8 Å². The van der Waals surface area contributed by atoms with Crippen LogP contribution in [0.25, 0.3) is 0 Å². The van der Waals surface area contributed by atoms with Crippen LogP contribution in [-0.2, 0) is 26.8 Å². The molecular weight excluding hydrogens is 502 g/mol. The molecular formula is C20H22ClN7O4S2. The minimum Gasteiger partial charge on any atom is -0.339 e. The lowest BCUT2D eigenvalue weighted by atomic mass is 10.2. The van der Waals surface area contributed by atoms with Gasteiger partial charge in [-0.2, -0.15) is 22.8 Å². The van der Waals surface area contributed by atoms with Gasteiger partial charge in [0.15, 0.2) is 5.82 Å². The van der Waals surface area contributed by atoms with E-state index in [1.54, 1.807) is 36.4 Å². The van der Waals surface area contributed by atoms with E-state index in [0.717, 1.165) is 18.4 Å². The summed E-state index contributed by atoms with van der Waals surface area (Å²) >= 11 is 6.22. The number of aromatic nitrogens is 2. The fourth-order valence-corrected chi connectivity index (χ4v) is 4.69. The predicted molar refractivity (Wildman–Crippen MR) is 130 cm³/mol. The largest absolute Gasteiger partial charge is 0.339 e. The molecule has 0 amide bonds. The Morgan fingerprint density at radius 2 is 1.74 bits per heavy atom. The van der Waals surface area contributed by atoms with Crippen LogP contribution in [0, 0.1) is 0 Å². The van der Waals surface area contributed by atoms with Crippen molar-refractivity contribution in [2.24, 2.45) is 5.14 Å². The maximum absolute atomic E-state index is 11.9. The molecule has 4 rings (SSSR count). The number of nitrogens with one attached hydrogen (secondary N) is 4. The van der Waals surface area contributed by atoms with Crippen molar-refractivity contribution >= 4 is 55.0 Å². The topological polar surface area (TPSA) is 168 Å². The lowest BCUT2D eigenvalue weighted by Crippen LogP contribution is -2.37. The Bertz CT molecular complexity index is 1400. The standard InChI is InChI=1S/C20H22ClN7O4S2/c21-18-12-23-20(26-16-2-1-3-17(10-16)33(22,29)30)27-19(18)25-14-6-4-13(5-7-14)11-24-34(31,32)28-15-8-9-15/h1-7,10,12,15,24,28H,8-9,11H2,(H2,22,29,30)(H2,23,25,26,27). The molecule has 14 heteroatoms. The van der Waals surface area contributed by atoms with E-state index < -0.39 is 20.2 Å². The molecule has 2 aromatic carbocycles. The van der Waals surface area contributed by atoms with Gasteiger partial charge in [-0.15, -0.1) is 0 Å². The van der Waals surface area contributed by atoms with Gasteiger partial charge < -0.3 is 10.6 Å². The van der Waals surface area contributed by atoms with Crippen molar-refractivity contribution in [2.45, 2.75) is 30.3 Å². The molecule has 1 aliphatic carbocycles. The molecule has 3 aromatic rings. The Morgan fingerprint density at radius 3 is 2.41 bits per heavy atom. The van der Waals surface area contributed by atoms with Gasteiger partial charge in [0, 0.05) is 24.0 Å². The molecule has 1 fully saturated rings. The maximum atomic E-state index is 11.9. The summed E-state index contributed by atoms with van der Waals surface area (Å²) in [5.74, 6) is 0.511. The number of anilines is 4. The molecule has 1 aliphatic rings. The van der Waals surface area contributed by atoms with Crippen LogP contribution in [0.1, 0.15) is 18.4 Å². The summed E-state index contributed by atoms with van der Waals surface area (Å²) in [6.07, 6.45) is 3.14. The van der Waals surface area contributed by atoms with Gasteiger partial charge in [0.25, 0.3) is 10.2 Å². The quantitative estimate of drug-likeness (QED) is 0.270. The Labute approximate surface area is 202 Å². The smallest absolute Gasteiger partial charge is 0.277 e. The van der Waals surface area contributed by atoms with E-state index in [9.17, 15) is 16.8 Å². The normalized spacial score (nSPS) is 14.1. The lowest BCUT2D eigenvalue weighted by molar-refractivity contribution is 0.565. The zero-order valence-corrected chi connectivity index (χ0v) is 20.1. The molecule has 34 heavy (non-hydrogen) atoms. The van der Waals surface area contributed by atoms with Crippen molar-refractivity contribution in [1.29, 1.82) is 0 Å². The number of rotatable bonds is 10. The van der Waals surface area contributed by atoms with Crippen LogP contribution >= 0.6 is 11.6 Å². The molecule has 11 nitrogen and oxygen atoms in total. The molecule has 0 unspecified atom stereocenters. The van der Waals surface area contributed by atoms with Gasteiger partial charge in [0.05, 0.1) is 11.1 Å². The van der Waals surface area contributed by atoms with E-state index in [-0.39, 0.29) is 28.5 Å². The number of nitrogens with zero attached hydrogens (tertiary/aromatic N) is 2. The first-order chi connectivity index (χ1) is 16.1. The molecule has 180 valence electrons. The van der Waals surface area contributed by atoms with E-state index in [1.807, 2.05) is 0 Å². The molecule has 0 aliphatic heterocycles. The highest BCUT2D eigenvalue weighted by Crippen LogP contribution is 2.26. The number of nitrogens with two attached hydrogens (primary N) is 1. The first kappa shape index (κ1) is 24.3. The second-order valence-corrected chi connectivity index (χ2v) is 11.1. The number of benzene rings is 2. The van der Waals surface area contributed by atoms with Crippen LogP contribution in [0.3, 0.4) is 0 Å². The van der Waals surface area contributed by atoms with E-state index in [1.165, 1.54) is 18.3 Å². The molecule has 0 atom stereocenters. The third-order valence-corrected chi connectivity index (χ3v) is 7.10. The van der Waals surface area contributed by atoms with Crippen LogP contribution in [0.4, 0.5) is 23.1 Å². The molecule has 0 bridgehead atoms. The predicted octanol–water partition coefficient (Wildman–Crippen LogP) is 2.35. The van der Waals surface area contributed by atoms with Crippen molar-refractivity contribution in [3.05, 3.63) is 65.3 Å². The monoisotopic (exact) mass is 523 g/mol. The summed E-state index contributed by atoms with van der Waals surface area (Å²) < 4.78 is 52.0. The minimum atomic E-state index is -3.85. The highest BCUT2D eigenvalue weighted by Gasteiger charge is 2.26. The first-order valence-corrected chi connectivity index (χ1v) is 13.5. The maximum Gasteiger partial charge on any atom is 0.277 e. The SMILES string of the molecule is NS(=O)(=O)c1cccc(Nc2ncc(Cl)c(Nc3ccc(CNS(=O)(=O)NC4CC4)cc3)n2)c1. The number of hydrogen-bond acceptors (Lipinski definition) is 8. The zero-order valence-electron chi connectivity index (χ0n) is 17.7. The van der Waals surface area contributed by atoms with Crippen LogP contribution in [0.15, 0.2) is 59.6 Å². The van der Waals surface area contributed by atoms with E-state index in [0.29, 0.717) is 17.2 Å². The number of sulfonamides is 1. The van der Waals surface area contributed by atoms with Crippen molar-refractivity contribution in [3.8, 4) is 0 Å². The van der Waals surface area contributed by atoms with Crippen LogP contribution in [0.5, 0.6) is 0 Å². The molecule has 1 heterocycles. The minimum absolute atomic E-state index is 0.0405. The molecule has 0 spiro atoms. The summed E-state index contributed by atoms with van der Waals surface area (Å²) in [5, 5.41) is 11.4. The Balaban J connectivity index is 1.41. The fraction of sp³-hybridized carbons (Fsp3) is 0.200. The molecule has 0 saturated heterocycles. The number of hydrogen-bond donors (Lipinski definition) is 5. The molecule has 6 N–H and O–H groups in total. The highest BCUT2D eigenvalue weighted by molar-refractivity contribution is 7.89. The Kier molecular flexibility index (Phi) is 7.02. The van der Waals surface area contributed by atoms with Crippen molar-refractivity contribution in [2.75, 3.05) is 10.6 Å². The van der Waals surface area contributed by atoms with E-state index in [2.05, 4.69) is 30.0 Å². The van der Waals surface area contributed by atoms with Crippen molar-refractivity contribution in [3.63, 3.8) is 0 Å². The third kappa shape index (κ3) is 6.85. The average molecular weight is 524 g/mol. The molecule has 0 radical (unpaired) electrons. The fourth-order valence-electron chi connectivity index (χ4n) is 2.88. The second-order valence-electron chi connectivity index (χ2n) is 7.63. The highest BCUT2D eigenvalue weighted by atomic mass is 35.5. The molecule has 1 aromatic heterocycles. The zero-order chi connectivity index (χ0) is 24.3. The first-order valence-electron chi connectivity index (χ1n) is 10.1. The van der Waals surface area contributed by atoms with Crippen LogP contribution < -0.4 is 25.2 Å². The van der Waals surface area contributed by atoms with E-state index >= 15 is 0 Å². The Morgan fingerprint density at radius 1 is 1.00 bits per heavy atom. The van der Waals surface area contributed by atoms with Gasteiger partial charge in [-0.3, -0.25) is 0 Å². The van der Waals surface area contributed by atoms with Gasteiger partial charge in [0.1, 0.15) is 5.02 Å². The number of primary sulfonamides is 1. The molecule has 1 saturated carbocycles. The summed E-state index contributed by atoms with van der Waals surface area (Å²) in [4.78, 5) is 8.40. The second kappa shape index (κ2) is 9.82. The van der Waals surface area contributed by atoms with E-state index in [4.69, 9.17) is 16.7 Å². The van der Waals surface area contributed by atoms with Gasteiger partial charge in [-0.25, -0.2) is 18.5 Å². The van der Waals surface area contributed by atoms with Crippen molar-refractivity contribution in [1.82, 2.24) is 19.4 Å². The van der Waals surface area contributed by atoms with Gasteiger partial charge in [0.2, 0.25) is 16.0 Å². The van der Waals surface area contributed by atoms with Crippen LogP contribution in [0.2, 0.25) is 5.02 Å². The summed E-state index contributed by atoms with van der Waals surface area (Å²) in [6.45, 7) is 0.155. The number of halogens is 1. The summed E-state index contributed by atoms with van der Waals surface area (Å²) in [6, 6.07) is 13.1. The van der Waals surface area contributed by atoms with Gasteiger partial charge in [-0.05, 0) is 48.7 Å². The summed E-state index contributed by atoms with van der Waals surface area (Å²) in [7, 11) is -7.37. The van der Waals surface area contributed by atoms with Gasteiger partial charge >= 0.3 is 0 Å². The summed E-state index contributed by atoms with van der Waals surface area (Å²) in [5.41, 5.74) is 1.88. The Hall–Kier alpha value is -2.81. The third-order valence-electron chi connectivity index (χ3n) is 4.74. The average Bonchev–Trinajstić information content (AvgIpc) is 3.58. The van der Waals surface area contributed by atoms with Crippen molar-refractivity contribution < 1.29 is 16.8 Å². The lowest BCUT2D eigenvalue weighted by Gasteiger charge is -2.11. The van der Waals surface area contributed by atoms with Crippen LogP contribution in [-0.4, -0.2) is 32.8 Å².